The quantitative estimate of drug-likeness (QED) is 0.621. The molecular formula is C12H15N3O5. The first-order valence-electron chi connectivity index (χ1n) is 6.21. The maximum Gasteiger partial charge on any atom is 0.342 e. The van der Waals surface area contributed by atoms with Gasteiger partial charge in [0.25, 0.3) is 0 Å². The summed E-state index contributed by atoms with van der Waals surface area (Å²) < 4.78 is 0. The smallest absolute Gasteiger partial charge is 0.342 e. The topological polar surface area (TPSA) is 117 Å². The molecule has 0 aromatic carbocycles. The summed E-state index contributed by atoms with van der Waals surface area (Å²) in [6, 6.07) is 1.21. The van der Waals surface area contributed by atoms with Gasteiger partial charge in [-0.25, -0.2) is 9.78 Å². The first-order chi connectivity index (χ1) is 9.40. The van der Waals surface area contributed by atoms with E-state index in [0.29, 0.717) is 18.9 Å². The molecule has 2 atom stereocenters. The van der Waals surface area contributed by atoms with Crippen LogP contribution in [0.15, 0.2) is 12.3 Å². The molecule has 2 unspecified atom stereocenters. The highest BCUT2D eigenvalue weighted by atomic mass is 16.6. The van der Waals surface area contributed by atoms with Gasteiger partial charge in [0.05, 0.1) is 11.0 Å². The van der Waals surface area contributed by atoms with Crippen molar-refractivity contribution >= 4 is 17.5 Å². The number of pyridine rings is 1. The molecule has 0 aliphatic carbocycles. The van der Waals surface area contributed by atoms with E-state index in [1.165, 1.54) is 6.07 Å². The number of nitro groups is 1. The molecule has 8 heteroatoms. The monoisotopic (exact) mass is 281 g/mol. The van der Waals surface area contributed by atoms with E-state index in [0.717, 1.165) is 12.6 Å². The van der Waals surface area contributed by atoms with Crippen molar-refractivity contribution < 1.29 is 19.9 Å². The molecule has 2 N–H and O–H groups in total. The molecule has 1 aliphatic heterocycles. The highest BCUT2D eigenvalue weighted by molar-refractivity contribution is 5.93. The lowest BCUT2D eigenvalue weighted by Crippen LogP contribution is -2.25. The summed E-state index contributed by atoms with van der Waals surface area (Å²) in [6.07, 6.45) is 1.30. The van der Waals surface area contributed by atoms with Crippen LogP contribution in [0.2, 0.25) is 0 Å². The molecule has 8 nitrogen and oxygen atoms in total. The summed E-state index contributed by atoms with van der Waals surface area (Å²) in [6.45, 7) is 2.90. The van der Waals surface area contributed by atoms with Crippen molar-refractivity contribution in [2.45, 2.75) is 19.4 Å². The van der Waals surface area contributed by atoms with E-state index in [4.69, 9.17) is 5.11 Å². The Morgan fingerprint density at radius 1 is 1.65 bits per heavy atom. The first-order valence-corrected chi connectivity index (χ1v) is 6.21. The average molecular weight is 281 g/mol. The second-order valence-corrected chi connectivity index (χ2v) is 4.86. The van der Waals surface area contributed by atoms with Gasteiger partial charge in [-0.15, -0.1) is 0 Å². The summed E-state index contributed by atoms with van der Waals surface area (Å²) in [5.74, 6) is -0.872. The van der Waals surface area contributed by atoms with Gasteiger partial charge in [0, 0.05) is 25.1 Å². The fraction of sp³-hybridized carbons (Fsp3) is 0.500. The molecule has 2 rings (SSSR count). The molecule has 1 fully saturated rings. The van der Waals surface area contributed by atoms with Crippen LogP contribution in [-0.4, -0.2) is 45.3 Å². The predicted molar refractivity (Wildman–Crippen MR) is 69.9 cm³/mol. The number of carboxylic acids is 1. The van der Waals surface area contributed by atoms with Gasteiger partial charge in [-0.05, 0) is 13.3 Å². The van der Waals surface area contributed by atoms with Crippen molar-refractivity contribution in [3.63, 3.8) is 0 Å². The molecule has 108 valence electrons. The van der Waals surface area contributed by atoms with Gasteiger partial charge < -0.3 is 15.1 Å². The van der Waals surface area contributed by atoms with Crippen LogP contribution in [-0.2, 0) is 0 Å². The van der Waals surface area contributed by atoms with Gasteiger partial charge >= 0.3 is 11.7 Å². The molecule has 20 heavy (non-hydrogen) atoms. The van der Waals surface area contributed by atoms with Crippen LogP contribution in [0.3, 0.4) is 0 Å². The normalized spacial score (nSPS) is 19.9. The van der Waals surface area contributed by atoms with Crippen LogP contribution < -0.4 is 4.90 Å². The molecule has 2 heterocycles. The Balaban J connectivity index is 2.28. The van der Waals surface area contributed by atoms with Crippen molar-refractivity contribution in [3.05, 3.63) is 27.9 Å². The van der Waals surface area contributed by atoms with Crippen LogP contribution in [0.4, 0.5) is 11.5 Å². The maximum atomic E-state index is 11.1. The number of nitrogens with zero attached hydrogens (tertiary/aromatic N) is 3. The minimum Gasteiger partial charge on any atom is -0.477 e. The Morgan fingerprint density at radius 3 is 2.85 bits per heavy atom. The van der Waals surface area contributed by atoms with Gasteiger partial charge in [-0.2, -0.15) is 0 Å². The van der Waals surface area contributed by atoms with E-state index in [2.05, 4.69) is 4.98 Å². The predicted octanol–water partition coefficient (Wildman–Crippen LogP) is 0.895. The number of hydrogen-bond acceptors (Lipinski definition) is 6. The molecular weight excluding hydrogens is 266 g/mol. The zero-order valence-corrected chi connectivity index (χ0v) is 10.9. The number of anilines is 1. The van der Waals surface area contributed by atoms with Crippen molar-refractivity contribution in [2.24, 2.45) is 5.92 Å². The molecule has 0 spiro atoms. The fourth-order valence-corrected chi connectivity index (χ4v) is 2.32. The number of rotatable bonds is 4. The van der Waals surface area contributed by atoms with Crippen LogP contribution >= 0.6 is 0 Å². The van der Waals surface area contributed by atoms with E-state index in [1.807, 2.05) is 4.90 Å². The van der Waals surface area contributed by atoms with E-state index < -0.39 is 22.7 Å². The molecule has 0 saturated carbocycles. The van der Waals surface area contributed by atoms with E-state index in [-0.39, 0.29) is 11.5 Å². The van der Waals surface area contributed by atoms with Gasteiger partial charge in [0.15, 0.2) is 0 Å². The van der Waals surface area contributed by atoms with E-state index in [1.54, 1.807) is 6.92 Å². The van der Waals surface area contributed by atoms with E-state index in [9.17, 15) is 20.0 Å². The SMILES string of the molecule is CC(O)C1CCN(c2cc(C(=O)O)c([N+](=O)[O-])cn2)C1. The maximum absolute atomic E-state index is 11.1. The van der Waals surface area contributed by atoms with Crippen molar-refractivity contribution in [1.29, 1.82) is 0 Å². The fourth-order valence-electron chi connectivity index (χ4n) is 2.32. The first kappa shape index (κ1) is 14.2. The van der Waals surface area contributed by atoms with Gasteiger partial charge in [-0.3, -0.25) is 10.1 Å². The second kappa shape index (κ2) is 5.41. The van der Waals surface area contributed by atoms with Gasteiger partial charge in [0.2, 0.25) is 0 Å². The Morgan fingerprint density at radius 2 is 2.35 bits per heavy atom. The van der Waals surface area contributed by atoms with E-state index >= 15 is 0 Å². The molecule has 1 aromatic rings. The number of aromatic nitrogens is 1. The number of carboxylic acid groups (broad SMARTS) is 1. The number of aromatic carboxylic acids is 1. The molecule has 1 aliphatic rings. The molecule has 0 radical (unpaired) electrons. The molecule has 1 aromatic heterocycles. The van der Waals surface area contributed by atoms with Crippen LogP contribution in [0.1, 0.15) is 23.7 Å². The number of aliphatic hydroxyl groups is 1. The largest absolute Gasteiger partial charge is 0.477 e. The Labute approximate surface area is 114 Å². The third kappa shape index (κ3) is 2.69. The lowest BCUT2D eigenvalue weighted by atomic mass is 10.0. The molecule has 1 saturated heterocycles. The second-order valence-electron chi connectivity index (χ2n) is 4.86. The summed E-state index contributed by atoms with van der Waals surface area (Å²) in [7, 11) is 0. The minimum atomic E-state index is -1.35. The Bertz CT molecular complexity index is 546. The number of hydrogen-bond donors (Lipinski definition) is 2. The molecule has 0 bridgehead atoms. The van der Waals surface area contributed by atoms with Gasteiger partial charge in [-0.1, -0.05) is 0 Å². The van der Waals surface area contributed by atoms with Gasteiger partial charge in [0.1, 0.15) is 17.6 Å². The third-order valence-corrected chi connectivity index (χ3v) is 3.53. The summed E-state index contributed by atoms with van der Waals surface area (Å²) >= 11 is 0. The van der Waals surface area contributed by atoms with Crippen molar-refractivity contribution in [2.75, 3.05) is 18.0 Å². The van der Waals surface area contributed by atoms with Crippen molar-refractivity contribution in [1.82, 2.24) is 4.98 Å². The zero-order valence-electron chi connectivity index (χ0n) is 10.9. The highest BCUT2D eigenvalue weighted by Gasteiger charge is 2.29. The lowest BCUT2D eigenvalue weighted by molar-refractivity contribution is -0.385. The summed E-state index contributed by atoms with van der Waals surface area (Å²) in [5.41, 5.74) is -0.895. The van der Waals surface area contributed by atoms with Crippen LogP contribution in [0, 0.1) is 16.0 Å². The highest BCUT2D eigenvalue weighted by Crippen LogP contribution is 2.27. The van der Waals surface area contributed by atoms with Crippen molar-refractivity contribution in [3.8, 4) is 0 Å². The minimum absolute atomic E-state index is 0.0975. The summed E-state index contributed by atoms with van der Waals surface area (Å²) in [4.78, 5) is 26.9. The molecule has 0 amide bonds. The van der Waals surface area contributed by atoms with Crippen LogP contribution in [0.5, 0.6) is 0 Å². The summed E-state index contributed by atoms with van der Waals surface area (Å²) in [5, 5.41) is 29.3. The van der Waals surface area contributed by atoms with Crippen LogP contribution in [0.25, 0.3) is 0 Å². The Hall–Kier alpha value is -2.22. The lowest BCUT2D eigenvalue weighted by Gasteiger charge is -2.18. The number of aliphatic hydroxyl groups excluding tert-OH is 1. The third-order valence-electron chi connectivity index (χ3n) is 3.53. The standard InChI is InChI=1S/C12H15N3O5/c1-7(16)8-2-3-14(6-8)11-4-9(12(17)18)10(5-13-11)15(19)20/h4-5,7-8,16H,2-3,6H2,1H3,(H,17,18). The zero-order chi connectivity index (χ0) is 14.9. The average Bonchev–Trinajstić information content (AvgIpc) is 2.87. The number of carbonyl (C=O) groups is 1. The Kier molecular flexibility index (Phi) is 3.84.